The van der Waals surface area contributed by atoms with Gasteiger partial charge in [0.05, 0.1) is 6.07 Å². The molecule has 0 heterocycles. The summed E-state index contributed by atoms with van der Waals surface area (Å²) in [6.07, 6.45) is 2.14. The molecule has 0 radical (unpaired) electrons. The zero-order valence-corrected chi connectivity index (χ0v) is 11.6. The Morgan fingerprint density at radius 2 is 2.15 bits per heavy atom. The molecule has 0 aliphatic rings. The number of hydrogen-bond donors (Lipinski definition) is 2. The van der Waals surface area contributed by atoms with Crippen LogP contribution >= 0.6 is 0 Å². The van der Waals surface area contributed by atoms with Gasteiger partial charge in [0.25, 0.3) is 0 Å². The number of phenols is 1. The van der Waals surface area contributed by atoms with Crippen LogP contribution in [0.2, 0.25) is 0 Å². The van der Waals surface area contributed by atoms with Crippen molar-refractivity contribution in [1.82, 2.24) is 5.32 Å². The van der Waals surface area contributed by atoms with Gasteiger partial charge in [0, 0.05) is 11.5 Å². The molecule has 1 atom stereocenters. The molecule has 1 rings (SSSR count). The van der Waals surface area contributed by atoms with Gasteiger partial charge in [0.15, 0.2) is 0 Å². The molecule has 0 saturated carbocycles. The molecule has 0 fully saturated rings. The Morgan fingerprint density at radius 3 is 2.75 bits per heavy atom. The van der Waals surface area contributed by atoms with Crippen molar-refractivity contribution in [3.8, 4) is 11.8 Å². The maximum absolute atomic E-state index is 9.28. The third-order valence-electron chi connectivity index (χ3n) is 3.11. The number of nitrogens with one attached hydrogen (secondary N) is 1. The minimum Gasteiger partial charge on any atom is -0.508 e. The van der Waals surface area contributed by atoms with E-state index in [1.54, 1.807) is 12.1 Å². The number of rotatable bonds is 8. The molecule has 0 bridgehead atoms. The minimum absolute atomic E-state index is 0.243. The van der Waals surface area contributed by atoms with E-state index in [0.29, 0.717) is 25.9 Å². The number of nitriles is 1. The Morgan fingerprint density at radius 1 is 1.45 bits per heavy atom. The van der Waals surface area contributed by atoms with E-state index >= 15 is 0 Å². The third-order valence-corrected chi connectivity index (χ3v) is 3.11. The van der Waals surface area contributed by atoms with E-state index in [2.05, 4.69) is 21.4 Å². The second kappa shape index (κ2) is 8.05. The standard InChI is InChI=1S/C14H19N5O/c1-14(11-15,17-9-2-10-18-19-16)8-7-12-3-5-13(20)6-4-12/h3-6,17,20H,2,7-10H2,1H3. The molecule has 1 aromatic rings. The monoisotopic (exact) mass is 273 g/mol. The molecular formula is C14H19N5O. The SMILES string of the molecule is CC(C#N)(CCc1ccc(O)cc1)NCCCN=[N+]=[N-]. The zero-order chi connectivity index (χ0) is 14.8. The van der Waals surface area contributed by atoms with Crippen molar-refractivity contribution in [2.45, 2.75) is 31.7 Å². The molecule has 0 aliphatic carbocycles. The van der Waals surface area contributed by atoms with Crippen LogP contribution in [-0.4, -0.2) is 23.7 Å². The summed E-state index contributed by atoms with van der Waals surface area (Å²) in [5, 5.41) is 25.1. The second-order valence-electron chi connectivity index (χ2n) is 4.85. The van der Waals surface area contributed by atoms with Crippen LogP contribution in [0.4, 0.5) is 0 Å². The Balaban J connectivity index is 2.42. The molecule has 2 N–H and O–H groups in total. The molecule has 0 aromatic heterocycles. The Hall–Kier alpha value is -2.22. The van der Waals surface area contributed by atoms with E-state index in [9.17, 15) is 10.4 Å². The highest BCUT2D eigenvalue weighted by atomic mass is 16.3. The lowest BCUT2D eigenvalue weighted by Gasteiger charge is -2.23. The minimum atomic E-state index is -0.603. The summed E-state index contributed by atoms with van der Waals surface area (Å²) in [6, 6.07) is 9.29. The highest BCUT2D eigenvalue weighted by Gasteiger charge is 2.22. The summed E-state index contributed by atoms with van der Waals surface area (Å²) in [6.45, 7) is 2.93. The van der Waals surface area contributed by atoms with Crippen molar-refractivity contribution in [1.29, 1.82) is 5.26 Å². The Labute approximate surface area is 118 Å². The lowest BCUT2D eigenvalue weighted by Crippen LogP contribution is -2.42. The summed E-state index contributed by atoms with van der Waals surface area (Å²) < 4.78 is 0. The van der Waals surface area contributed by atoms with Crippen LogP contribution in [0.5, 0.6) is 5.75 Å². The molecule has 6 heteroatoms. The van der Waals surface area contributed by atoms with E-state index in [1.165, 1.54) is 0 Å². The van der Waals surface area contributed by atoms with Crippen molar-refractivity contribution in [3.63, 3.8) is 0 Å². The molecule has 6 nitrogen and oxygen atoms in total. The summed E-state index contributed by atoms with van der Waals surface area (Å²) in [7, 11) is 0. The van der Waals surface area contributed by atoms with Gasteiger partial charge in [-0.05, 0) is 56.0 Å². The largest absolute Gasteiger partial charge is 0.508 e. The number of aromatic hydroxyl groups is 1. The van der Waals surface area contributed by atoms with Gasteiger partial charge in [-0.3, -0.25) is 5.32 Å². The first-order valence-electron chi connectivity index (χ1n) is 6.55. The highest BCUT2D eigenvalue weighted by molar-refractivity contribution is 5.26. The normalized spacial score (nSPS) is 13.0. The van der Waals surface area contributed by atoms with Crippen LogP contribution in [0.1, 0.15) is 25.3 Å². The first kappa shape index (κ1) is 15.8. The summed E-state index contributed by atoms with van der Waals surface area (Å²) in [5.74, 6) is 0.243. The number of hydrogen-bond acceptors (Lipinski definition) is 4. The van der Waals surface area contributed by atoms with Crippen molar-refractivity contribution >= 4 is 0 Å². The predicted molar refractivity (Wildman–Crippen MR) is 77.1 cm³/mol. The lowest BCUT2D eigenvalue weighted by atomic mass is 9.94. The molecular weight excluding hydrogens is 254 g/mol. The van der Waals surface area contributed by atoms with Crippen molar-refractivity contribution in [2.24, 2.45) is 5.11 Å². The molecule has 1 aromatic carbocycles. The van der Waals surface area contributed by atoms with Gasteiger partial charge in [-0.25, -0.2) is 0 Å². The average Bonchev–Trinajstić information content (AvgIpc) is 2.46. The predicted octanol–water partition coefficient (Wildman–Crippen LogP) is 2.90. The van der Waals surface area contributed by atoms with Crippen LogP contribution in [0.25, 0.3) is 10.4 Å². The maximum Gasteiger partial charge on any atom is 0.115 e. The fraction of sp³-hybridized carbons (Fsp3) is 0.500. The van der Waals surface area contributed by atoms with E-state index in [4.69, 9.17) is 5.53 Å². The van der Waals surface area contributed by atoms with Gasteiger partial charge < -0.3 is 5.11 Å². The Bertz CT molecular complexity index is 501. The van der Waals surface area contributed by atoms with E-state index in [1.807, 2.05) is 19.1 Å². The third kappa shape index (κ3) is 5.61. The van der Waals surface area contributed by atoms with Crippen molar-refractivity contribution < 1.29 is 5.11 Å². The van der Waals surface area contributed by atoms with Crippen LogP contribution < -0.4 is 5.32 Å². The van der Waals surface area contributed by atoms with Gasteiger partial charge >= 0.3 is 0 Å². The summed E-state index contributed by atoms with van der Waals surface area (Å²) >= 11 is 0. The maximum atomic E-state index is 9.28. The Kier molecular flexibility index (Phi) is 6.38. The average molecular weight is 273 g/mol. The summed E-state index contributed by atoms with van der Waals surface area (Å²) in [4.78, 5) is 2.68. The van der Waals surface area contributed by atoms with Crippen molar-refractivity contribution in [3.05, 3.63) is 40.3 Å². The highest BCUT2D eigenvalue weighted by Crippen LogP contribution is 2.16. The van der Waals surface area contributed by atoms with Crippen LogP contribution in [0.15, 0.2) is 29.4 Å². The molecule has 0 spiro atoms. The number of benzene rings is 1. The first-order chi connectivity index (χ1) is 9.59. The number of phenolic OH excluding ortho intramolecular Hbond substituents is 1. The smallest absolute Gasteiger partial charge is 0.115 e. The van der Waals surface area contributed by atoms with E-state index in [-0.39, 0.29) is 5.75 Å². The fourth-order valence-electron chi connectivity index (χ4n) is 1.80. The van der Waals surface area contributed by atoms with Crippen LogP contribution in [0.3, 0.4) is 0 Å². The van der Waals surface area contributed by atoms with E-state index in [0.717, 1.165) is 12.0 Å². The van der Waals surface area contributed by atoms with Gasteiger partial charge in [0.2, 0.25) is 0 Å². The lowest BCUT2D eigenvalue weighted by molar-refractivity contribution is 0.416. The van der Waals surface area contributed by atoms with Gasteiger partial charge in [-0.15, -0.1) is 0 Å². The molecule has 0 amide bonds. The number of azide groups is 1. The van der Waals surface area contributed by atoms with Gasteiger partial charge in [-0.2, -0.15) is 5.26 Å². The molecule has 20 heavy (non-hydrogen) atoms. The molecule has 1 unspecified atom stereocenters. The van der Waals surface area contributed by atoms with E-state index < -0.39 is 5.54 Å². The van der Waals surface area contributed by atoms with Crippen LogP contribution in [0, 0.1) is 11.3 Å². The quantitative estimate of drug-likeness (QED) is 0.329. The van der Waals surface area contributed by atoms with Gasteiger partial charge in [-0.1, -0.05) is 17.2 Å². The fourth-order valence-corrected chi connectivity index (χ4v) is 1.80. The molecule has 106 valence electrons. The number of nitrogens with zero attached hydrogens (tertiary/aromatic N) is 4. The number of aryl methyl sites for hydroxylation is 1. The summed E-state index contributed by atoms with van der Waals surface area (Å²) in [5.41, 5.74) is 8.65. The molecule has 0 saturated heterocycles. The van der Waals surface area contributed by atoms with Crippen LogP contribution in [-0.2, 0) is 6.42 Å². The second-order valence-corrected chi connectivity index (χ2v) is 4.85. The van der Waals surface area contributed by atoms with Crippen molar-refractivity contribution in [2.75, 3.05) is 13.1 Å². The molecule has 0 aliphatic heterocycles. The van der Waals surface area contributed by atoms with Gasteiger partial charge in [0.1, 0.15) is 11.3 Å². The first-order valence-corrected chi connectivity index (χ1v) is 6.55. The zero-order valence-electron chi connectivity index (χ0n) is 11.6. The topological polar surface area (TPSA) is 105 Å².